The molecular formula is C104H89Cl2IN10O10S8. The summed E-state index contributed by atoms with van der Waals surface area (Å²) in [5.41, 5.74) is 5.75. The lowest BCUT2D eigenvalue weighted by molar-refractivity contribution is -0.162. The highest BCUT2D eigenvalue weighted by molar-refractivity contribution is 14.1. The van der Waals surface area contributed by atoms with Crippen LogP contribution in [0.5, 0.6) is 0 Å². The van der Waals surface area contributed by atoms with E-state index >= 15 is 0 Å². The van der Waals surface area contributed by atoms with Gasteiger partial charge in [-0.15, -0.1) is 67.5 Å². The number of amides is 2. The van der Waals surface area contributed by atoms with Gasteiger partial charge in [-0.05, 0) is 74.6 Å². The molecular weight excluding hydrogens is 2000 g/mol. The lowest BCUT2D eigenvalue weighted by Gasteiger charge is -2.50. The molecule has 8 heterocycles. The number of hydrogen-bond acceptors (Lipinski definition) is 26. The Balaban J connectivity index is 0.000000179. The Morgan fingerprint density at radius 1 is 0.444 bits per heavy atom. The molecule has 2 unspecified atom stereocenters. The molecule has 0 aliphatic carbocycles. The molecule has 4 aliphatic heterocycles. The Hall–Kier alpha value is -11.1. The highest BCUT2D eigenvalue weighted by atomic mass is 127. The van der Waals surface area contributed by atoms with Crippen LogP contribution in [-0.4, -0.2) is 108 Å². The maximum absolute atomic E-state index is 14.9. The highest BCUT2D eigenvalue weighted by Crippen LogP contribution is 2.50. The van der Waals surface area contributed by atoms with Gasteiger partial charge in [0.05, 0.1) is 30.7 Å². The molecule has 2 saturated heterocycles. The second kappa shape index (κ2) is 45.7. The van der Waals surface area contributed by atoms with E-state index in [1.165, 1.54) is 51.1 Å². The smallest absolute Gasteiger partial charge is 0.356 e. The van der Waals surface area contributed by atoms with Crippen LogP contribution in [0.25, 0.3) is 0 Å². The van der Waals surface area contributed by atoms with Crippen molar-refractivity contribution in [3.8, 4) is 0 Å². The average molecular weight is 2090 g/mol. The third kappa shape index (κ3) is 22.0. The molecule has 2 amide bonds. The molecule has 31 heteroatoms. The second-order valence-electron chi connectivity index (χ2n) is 31.5. The number of rotatable bonds is 34. The van der Waals surface area contributed by atoms with Gasteiger partial charge in [0.25, 0.3) is 0 Å². The molecule has 4 aromatic heterocycles. The number of thiol groups is 1. The first kappa shape index (κ1) is 97.0. The molecule has 0 spiro atoms. The van der Waals surface area contributed by atoms with Crippen molar-refractivity contribution in [3.05, 3.63) is 420 Å². The van der Waals surface area contributed by atoms with Crippen molar-refractivity contribution in [1.29, 1.82) is 0 Å². The van der Waals surface area contributed by atoms with E-state index in [0.29, 0.717) is 45.7 Å². The minimum Gasteiger partial charge on any atom is -0.448 e. The Morgan fingerprint density at radius 2 is 0.756 bits per heavy atom. The van der Waals surface area contributed by atoms with Crippen LogP contribution in [0.4, 0.5) is 0 Å². The summed E-state index contributed by atoms with van der Waals surface area (Å²) < 4.78 is 16.1. The minimum absolute atomic E-state index is 0.0940. The molecule has 14 aromatic rings. The Labute approximate surface area is 840 Å². The molecule has 4 atom stereocenters. The number of fused-ring (bicyclic) bond motifs is 2. The van der Waals surface area contributed by atoms with Gasteiger partial charge in [0.1, 0.15) is 41.5 Å². The Morgan fingerprint density at radius 3 is 1.07 bits per heavy atom. The van der Waals surface area contributed by atoms with Crippen molar-refractivity contribution in [3.63, 3.8) is 0 Å². The van der Waals surface area contributed by atoms with Gasteiger partial charge in [-0.1, -0.05) is 419 Å². The number of β-lactam (4-membered cyclic amide) rings is 2. The summed E-state index contributed by atoms with van der Waals surface area (Å²) >= 11 is 31.0. The molecule has 10 aromatic carbocycles. The van der Waals surface area contributed by atoms with Gasteiger partial charge in [-0.3, -0.25) is 19.2 Å². The fraction of sp³-hybridized carbons (Fsp3) is 0.212. The monoisotopic (exact) mass is 2090 g/mol. The van der Waals surface area contributed by atoms with Crippen LogP contribution in [-0.2, 0) is 72.0 Å². The largest absolute Gasteiger partial charge is 0.448 e. The minimum atomic E-state index is -1.29. The van der Waals surface area contributed by atoms with Crippen molar-refractivity contribution >= 4 is 186 Å². The van der Waals surface area contributed by atoms with E-state index in [2.05, 4.69) is 77.7 Å². The van der Waals surface area contributed by atoms with Crippen LogP contribution in [0.1, 0.15) is 152 Å². The molecule has 20 nitrogen and oxygen atoms in total. The van der Waals surface area contributed by atoms with Crippen LogP contribution in [0.3, 0.4) is 0 Å². The zero-order valence-corrected chi connectivity index (χ0v) is 83.7. The fourth-order valence-electron chi connectivity index (χ4n) is 16.8. The van der Waals surface area contributed by atoms with Crippen molar-refractivity contribution in [1.82, 2.24) is 40.2 Å². The summed E-state index contributed by atoms with van der Waals surface area (Å²) in [5.74, 6) is -4.42. The first-order valence-electron chi connectivity index (χ1n) is 43.6. The van der Waals surface area contributed by atoms with E-state index in [0.717, 1.165) is 95.8 Å². The number of ketones is 2. The van der Waals surface area contributed by atoms with Crippen LogP contribution in [0.15, 0.2) is 344 Å². The zero-order valence-electron chi connectivity index (χ0n) is 73.4. The van der Waals surface area contributed by atoms with E-state index in [4.69, 9.17) is 47.5 Å². The number of oxime groups is 2. The molecule has 18 rings (SSSR count). The number of aryl methyl sites for hydroxylation is 4. The van der Waals surface area contributed by atoms with Crippen molar-refractivity contribution in [2.45, 2.75) is 123 Å². The Bertz CT molecular complexity index is 6350. The summed E-state index contributed by atoms with van der Waals surface area (Å²) in [7, 11) is 0. The van der Waals surface area contributed by atoms with Crippen LogP contribution in [0.2, 0.25) is 8.67 Å². The number of benzene rings is 10. The average Bonchev–Trinajstić information content (AvgIpc) is 0.881. The fourth-order valence-corrected chi connectivity index (χ4v) is 25.6. The normalized spacial score (nSPS) is 16.0. The van der Waals surface area contributed by atoms with Gasteiger partial charge in [0, 0.05) is 68.1 Å². The summed E-state index contributed by atoms with van der Waals surface area (Å²) in [6.45, 7) is 7.73. The number of halogens is 3. The van der Waals surface area contributed by atoms with E-state index in [1.807, 2.05) is 310 Å². The maximum Gasteiger partial charge on any atom is 0.356 e. The summed E-state index contributed by atoms with van der Waals surface area (Å²) in [5, 5.41) is 29.9. The van der Waals surface area contributed by atoms with Crippen molar-refractivity contribution in [2.75, 3.05) is 8.84 Å². The Kier molecular flexibility index (Phi) is 32.9. The lowest BCUT2D eigenvalue weighted by Crippen LogP contribution is -2.63. The molecule has 2 fully saturated rings. The number of thioether (sulfide) groups is 3. The maximum atomic E-state index is 14.9. The number of allylic oxidation sites excluding steroid dienone is 2. The molecule has 135 heavy (non-hydrogen) atoms. The number of carbonyl (C=O) groups excluding carboxylic acids is 6. The molecule has 0 radical (unpaired) electrons. The van der Waals surface area contributed by atoms with Gasteiger partial charge in [-0.25, -0.2) is 19.6 Å². The topological polar surface area (TPSA) is 248 Å². The van der Waals surface area contributed by atoms with Gasteiger partial charge < -0.3 is 28.9 Å². The highest BCUT2D eigenvalue weighted by Gasteiger charge is 2.56. The van der Waals surface area contributed by atoms with Crippen LogP contribution in [0, 0.1) is 25.7 Å². The lowest BCUT2D eigenvalue weighted by atomic mass is 9.77. The third-order valence-corrected chi connectivity index (χ3v) is 32.3. The van der Waals surface area contributed by atoms with Crippen molar-refractivity contribution < 1.29 is 47.9 Å². The van der Waals surface area contributed by atoms with E-state index in [-0.39, 0.29) is 67.5 Å². The number of ether oxygens (including phenoxy) is 2. The van der Waals surface area contributed by atoms with Gasteiger partial charge in [0.15, 0.2) is 43.9 Å². The van der Waals surface area contributed by atoms with E-state index in [9.17, 15) is 28.8 Å². The van der Waals surface area contributed by atoms with Crippen LogP contribution >= 0.6 is 139 Å². The number of hydrogen-bond donors (Lipinski definition) is 1. The molecule has 0 saturated carbocycles. The third-order valence-electron chi connectivity index (χ3n) is 23.2. The predicted octanol–water partition coefficient (Wildman–Crippen LogP) is 24.3. The zero-order chi connectivity index (χ0) is 94.0. The summed E-state index contributed by atoms with van der Waals surface area (Å²) in [6.07, 6.45) is 1.92. The van der Waals surface area contributed by atoms with E-state index < -0.39 is 70.8 Å². The van der Waals surface area contributed by atoms with Gasteiger partial charge >= 0.3 is 11.9 Å². The summed E-state index contributed by atoms with van der Waals surface area (Å²) in [4.78, 5) is 114. The number of nitrogens with zero attached hydrogens (tertiary/aromatic N) is 10. The number of alkyl halides is 1. The molecule has 4 aliphatic rings. The van der Waals surface area contributed by atoms with E-state index in [1.54, 1.807) is 53.2 Å². The number of Topliss-reactive ketones (excluding diaryl/α,β-unsaturated/α-hetero) is 2. The molecule has 684 valence electrons. The van der Waals surface area contributed by atoms with Crippen LogP contribution < -0.4 is 0 Å². The number of carbonyl (C=O) groups is 6. The first-order chi connectivity index (χ1) is 65.9. The quantitative estimate of drug-likeness (QED) is 0.00376. The van der Waals surface area contributed by atoms with Gasteiger partial charge in [-0.2, -0.15) is 0 Å². The number of thiazole rings is 2. The van der Waals surface area contributed by atoms with Crippen molar-refractivity contribution in [2.24, 2.45) is 22.1 Å². The van der Waals surface area contributed by atoms with Gasteiger partial charge in [0.2, 0.25) is 23.0 Å². The summed E-state index contributed by atoms with van der Waals surface area (Å²) in [6, 6.07) is 95.3. The first-order valence-corrected chi connectivity index (χ1v) is 52.5. The molecule has 0 bridgehead atoms. The second-order valence-corrected chi connectivity index (χ2v) is 43.5. The number of esters is 2. The predicted molar refractivity (Wildman–Crippen MR) is 550 cm³/mol. The standard InChI is InChI=1S/C52H44ClN5O5S4.C47H38ClN3O5S2.C5H7IN2S2/c1-3-43-55-56-51(67-43)65-32-64-42-30-29-40-39(49(60)58(40)46(42)50(61)62-47(34-19-9-4-10-20-34)35-21-11-5-12-22-35)31-41(59)44(45-48(53)66-33(2)54-45)57-63-52(36-23-13-6-14-24-36,37-25-15-7-16-26-37)38-27-17-8-18-28-38;1-30-49-41(44(48)58-30)40(50-56-47(33-21-11-4-12-22-33,34-23-13-5-14-24-34)35-25-15-6-16-26-35)38(52)29-36-37-27-28-39(57)42(51(37)45(36)53)46(54)55-43(31-17-7-2-8-18-31)32-19-9-3-10-20-32;1-2-4-7-8-5(10-4)9-3-6/h4-28,39-40,47H,3,29-32H2,1-2H3;2-26,36-37,43,57H,27-29H2,1H3;2-3H2,1H3/b57-44+;50-40+;/t39-,40?;36-,37?;/m00./s1. The SMILES string of the molecule is CCc1nnc(SCI)s1.CCc1nnc(SCSC2=C(C(=O)OC(c3ccccc3)c3ccccc3)N3C(=O)[C@@H](CC(=O)/C(=N\OC(c4ccccc4)(c4ccccc4)c4ccccc4)c4nc(C)sc4Cl)C3CC2)s1.Cc1nc(/C(=N/OC(c2ccccc2)(c2ccccc2)c2ccccc2)C(=O)C[C@@H]2C(=O)N3C(C(=O)OC(c4ccccc4)c4ccccc4)=C(S)CCC23)c(Cl)s1. The number of aromatic nitrogens is 6. The molecule has 0 N–H and O–H groups in total.